The fourth-order valence-corrected chi connectivity index (χ4v) is 3.28. The standard InChI is InChI=1S/C22H25N5O/c1-17-15-21(23-16-18-7-3-2-4-8-18)26-22(24-17)25-19-9-5-6-10-20(19)27-11-13-28-14-12-27/h2-10,15H,11-14,16H2,1H3,(H2,23,24,25,26). The number of hydrogen-bond donors (Lipinski definition) is 2. The lowest BCUT2D eigenvalue weighted by Crippen LogP contribution is -2.36. The molecule has 3 aromatic rings. The van der Waals surface area contributed by atoms with E-state index >= 15 is 0 Å². The SMILES string of the molecule is Cc1cc(NCc2ccccc2)nc(Nc2ccccc2N2CCOCC2)n1. The van der Waals surface area contributed by atoms with Gasteiger partial charge in [0.1, 0.15) is 5.82 Å². The molecule has 28 heavy (non-hydrogen) atoms. The minimum Gasteiger partial charge on any atom is -0.378 e. The molecule has 2 N–H and O–H groups in total. The third kappa shape index (κ3) is 4.58. The summed E-state index contributed by atoms with van der Waals surface area (Å²) in [6.07, 6.45) is 0. The first-order valence-electron chi connectivity index (χ1n) is 9.60. The van der Waals surface area contributed by atoms with Crippen LogP contribution in [-0.2, 0) is 11.3 Å². The molecule has 2 heterocycles. The number of aromatic nitrogens is 2. The highest BCUT2D eigenvalue weighted by molar-refractivity contribution is 5.73. The number of rotatable bonds is 6. The summed E-state index contributed by atoms with van der Waals surface area (Å²) in [5, 5.41) is 6.79. The van der Waals surface area contributed by atoms with Gasteiger partial charge in [0.2, 0.25) is 5.95 Å². The summed E-state index contributed by atoms with van der Waals surface area (Å²) < 4.78 is 5.48. The van der Waals surface area contributed by atoms with Crippen molar-refractivity contribution in [1.82, 2.24) is 9.97 Å². The molecule has 6 heteroatoms. The Morgan fingerprint density at radius 1 is 0.964 bits per heavy atom. The first-order chi connectivity index (χ1) is 13.8. The van der Waals surface area contributed by atoms with Crippen molar-refractivity contribution in [2.75, 3.05) is 41.8 Å². The van der Waals surface area contributed by atoms with Crippen molar-refractivity contribution in [2.45, 2.75) is 13.5 Å². The second-order valence-corrected chi connectivity index (χ2v) is 6.80. The quantitative estimate of drug-likeness (QED) is 0.680. The number of para-hydroxylation sites is 2. The molecule has 2 aromatic carbocycles. The fraction of sp³-hybridized carbons (Fsp3) is 0.273. The summed E-state index contributed by atoms with van der Waals surface area (Å²) in [7, 11) is 0. The number of anilines is 4. The van der Waals surface area contributed by atoms with E-state index in [1.54, 1.807) is 0 Å². The molecule has 0 spiro atoms. The van der Waals surface area contributed by atoms with Crippen molar-refractivity contribution in [2.24, 2.45) is 0 Å². The lowest BCUT2D eigenvalue weighted by molar-refractivity contribution is 0.123. The Morgan fingerprint density at radius 2 is 1.71 bits per heavy atom. The Bertz CT molecular complexity index is 910. The Hall–Kier alpha value is -3.12. The van der Waals surface area contributed by atoms with Crippen LogP contribution in [0.4, 0.5) is 23.1 Å². The van der Waals surface area contributed by atoms with Crippen molar-refractivity contribution < 1.29 is 4.74 Å². The highest BCUT2D eigenvalue weighted by Gasteiger charge is 2.15. The molecule has 6 nitrogen and oxygen atoms in total. The van der Waals surface area contributed by atoms with Crippen LogP contribution in [0.3, 0.4) is 0 Å². The zero-order valence-corrected chi connectivity index (χ0v) is 16.1. The van der Waals surface area contributed by atoms with Gasteiger partial charge < -0.3 is 20.3 Å². The molecule has 1 aliphatic heterocycles. The fourth-order valence-electron chi connectivity index (χ4n) is 3.28. The van der Waals surface area contributed by atoms with Crippen molar-refractivity contribution in [3.05, 3.63) is 71.9 Å². The van der Waals surface area contributed by atoms with E-state index < -0.39 is 0 Å². The molecule has 0 bridgehead atoms. The van der Waals surface area contributed by atoms with E-state index in [1.165, 1.54) is 5.56 Å². The molecule has 0 unspecified atom stereocenters. The van der Waals surface area contributed by atoms with Gasteiger partial charge in [0.05, 0.1) is 24.6 Å². The topological polar surface area (TPSA) is 62.3 Å². The van der Waals surface area contributed by atoms with Gasteiger partial charge in [-0.25, -0.2) is 4.98 Å². The predicted molar refractivity (Wildman–Crippen MR) is 113 cm³/mol. The molecule has 4 rings (SSSR count). The van der Waals surface area contributed by atoms with Crippen LogP contribution in [0.5, 0.6) is 0 Å². The largest absolute Gasteiger partial charge is 0.378 e. The average Bonchev–Trinajstić information content (AvgIpc) is 2.74. The van der Waals surface area contributed by atoms with Crippen LogP contribution in [0, 0.1) is 6.92 Å². The number of ether oxygens (including phenoxy) is 1. The van der Waals surface area contributed by atoms with Gasteiger partial charge in [0.25, 0.3) is 0 Å². The lowest BCUT2D eigenvalue weighted by atomic mass is 10.2. The van der Waals surface area contributed by atoms with Crippen molar-refractivity contribution in [1.29, 1.82) is 0 Å². The van der Waals surface area contributed by atoms with Gasteiger partial charge in [-0.05, 0) is 24.6 Å². The number of hydrogen-bond acceptors (Lipinski definition) is 6. The van der Waals surface area contributed by atoms with Gasteiger partial charge >= 0.3 is 0 Å². The maximum Gasteiger partial charge on any atom is 0.229 e. The van der Waals surface area contributed by atoms with E-state index in [-0.39, 0.29) is 0 Å². The van der Waals surface area contributed by atoms with E-state index in [9.17, 15) is 0 Å². The highest BCUT2D eigenvalue weighted by atomic mass is 16.5. The van der Waals surface area contributed by atoms with Crippen LogP contribution in [0.2, 0.25) is 0 Å². The normalized spacial score (nSPS) is 14.0. The predicted octanol–water partition coefficient (Wildman–Crippen LogP) is 3.98. The van der Waals surface area contributed by atoms with Crippen LogP contribution in [0.1, 0.15) is 11.3 Å². The van der Waals surface area contributed by atoms with E-state index in [0.29, 0.717) is 5.95 Å². The van der Waals surface area contributed by atoms with Crippen LogP contribution >= 0.6 is 0 Å². The van der Waals surface area contributed by atoms with Crippen LogP contribution < -0.4 is 15.5 Å². The monoisotopic (exact) mass is 375 g/mol. The van der Waals surface area contributed by atoms with Crippen LogP contribution in [-0.4, -0.2) is 36.3 Å². The van der Waals surface area contributed by atoms with E-state index in [1.807, 2.05) is 37.3 Å². The highest BCUT2D eigenvalue weighted by Crippen LogP contribution is 2.28. The third-order valence-electron chi connectivity index (χ3n) is 4.67. The summed E-state index contributed by atoms with van der Waals surface area (Å²) in [5.74, 6) is 1.40. The Kier molecular flexibility index (Phi) is 5.68. The average molecular weight is 375 g/mol. The molecular weight excluding hydrogens is 350 g/mol. The number of nitrogens with one attached hydrogen (secondary N) is 2. The van der Waals surface area contributed by atoms with Gasteiger partial charge in [-0.2, -0.15) is 4.98 Å². The minimum absolute atomic E-state index is 0.594. The molecule has 1 aliphatic rings. The van der Waals surface area contributed by atoms with Gasteiger partial charge in [0.15, 0.2) is 0 Å². The summed E-state index contributed by atoms with van der Waals surface area (Å²) in [5.41, 5.74) is 4.28. The molecule has 0 saturated carbocycles. The zero-order chi connectivity index (χ0) is 19.2. The lowest BCUT2D eigenvalue weighted by Gasteiger charge is -2.30. The second-order valence-electron chi connectivity index (χ2n) is 6.80. The maximum absolute atomic E-state index is 5.48. The summed E-state index contributed by atoms with van der Waals surface area (Å²) >= 11 is 0. The maximum atomic E-state index is 5.48. The first-order valence-corrected chi connectivity index (χ1v) is 9.60. The molecule has 0 atom stereocenters. The van der Waals surface area contributed by atoms with Gasteiger partial charge in [0, 0.05) is 31.4 Å². The Labute approximate surface area is 165 Å². The third-order valence-corrected chi connectivity index (χ3v) is 4.67. The number of benzene rings is 2. The van der Waals surface area contributed by atoms with E-state index in [0.717, 1.165) is 55.7 Å². The summed E-state index contributed by atoms with van der Waals surface area (Å²) in [6.45, 7) is 5.98. The molecule has 1 aromatic heterocycles. The Morgan fingerprint density at radius 3 is 2.54 bits per heavy atom. The molecule has 144 valence electrons. The molecule has 0 aliphatic carbocycles. The Balaban J connectivity index is 1.51. The van der Waals surface area contributed by atoms with Gasteiger partial charge in [-0.1, -0.05) is 42.5 Å². The second kappa shape index (κ2) is 8.71. The van der Waals surface area contributed by atoms with Crippen molar-refractivity contribution in [3.8, 4) is 0 Å². The summed E-state index contributed by atoms with van der Waals surface area (Å²) in [6, 6.07) is 20.5. The molecule has 1 saturated heterocycles. The van der Waals surface area contributed by atoms with Gasteiger partial charge in [-0.3, -0.25) is 0 Å². The minimum atomic E-state index is 0.594. The van der Waals surface area contributed by atoms with Gasteiger partial charge in [-0.15, -0.1) is 0 Å². The van der Waals surface area contributed by atoms with E-state index in [2.05, 4.69) is 55.8 Å². The number of aryl methyl sites for hydroxylation is 1. The van der Waals surface area contributed by atoms with Crippen LogP contribution in [0.15, 0.2) is 60.7 Å². The molecule has 0 radical (unpaired) electrons. The van der Waals surface area contributed by atoms with Crippen LogP contribution in [0.25, 0.3) is 0 Å². The molecule has 1 fully saturated rings. The van der Waals surface area contributed by atoms with Crippen molar-refractivity contribution in [3.63, 3.8) is 0 Å². The summed E-state index contributed by atoms with van der Waals surface area (Å²) in [4.78, 5) is 11.5. The number of nitrogens with zero attached hydrogens (tertiary/aromatic N) is 3. The smallest absolute Gasteiger partial charge is 0.229 e. The molecular formula is C22H25N5O. The number of morpholine rings is 1. The first kappa shape index (κ1) is 18.3. The molecule has 0 amide bonds. The van der Waals surface area contributed by atoms with E-state index in [4.69, 9.17) is 4.74 Å². The van der Waals surface area contributed by atoms with Crippen molar-refractivity contribution >= 4 is 23.1 Å². The zero-order valence-electron chi connectivity index (χ0n) is 16.1.